The standard InChI is InChI=1S/C14H17FN2O2/c1-9-4-6-10(7-5-9)8-11-12(15)13(18)17(3)14(19)16(11)2/h4-7,11-12H,8H2,1-3H3. The quantitative estimate of drug-likeness (QED) is 0.816. The Hall–Kier alpha value is -1.91. The molecule has 1 fully saturated rings. The molecule has 0 N–H and O–H groups in total. The Balaban J connectivity index is 2.20. The molecule has 2 rings (SSSR count). The van der Waals surface area contributed by atoms with E-state index < -0.39 is 24.2 Å². The molecule has 19 heavy (non-hydrogen) atoms. The molecule has 0 radical (unpaired) electrons. The van der Waals surface area contributed by atoms with Crippen LogP contribution in [0.3, 0.4) is 0 Å². The summed E-state index contributed by atoms with van der Waals surface area (Å²) < 4.78 is 14.1. The van der Waals surface area contributed by atoms with Crippen LogP contribution in [0.1, 0.15) is 11.1 Å². The van der Waals surface area contributed by atoms with Crippen molar-refractivity contribution in [3.63, 3.8) is 0 Å². The summed E-state index contributed by atoms with van der Waals surface area (Å²) >= 11 is 0. The first kappa shape index (κ1) is 13.5. The van der Waals surface area contributed by atoms with Gasteiger partial charge in [0.1, 0.15) is 0 Å². The number of carbonyl (C=O) groups is 2. The molecule has 3 amide bonds. The lowest BCUT2D eigenvalue weighted by Gasteiger charge is -2.38. The second-order valence-electron chi connectivity index (χ2n) is 4.95. The zero-order chi connectivity index (χ0) is 14.2. The predicted octanol–water partition coefficient (Wildman–Crippen LogP) is 1.77. The van der Waals surface area contributed by atoms with Crippen LogP contribution in [0.4, 0.5) is 9.18 Å². The highest BCUT2D eigenvalue weighted by Gasteiger charge is 2.43. The third-order valence-corrected chi connectivity index (χ3v) is 3.56. The number of carbonyl (C=O) groups excluding carboxylic acids is 2. The van der Waals surface area contributed by atoms with Crippen molar-refractivity contribution in [2.45, 2.75) is 25.6 Å². The van der Waals surface area contributed by atoms with Crippen LogP contribution < -0.4 is 0 Å². The Bertz CT molecular complexity index is 479. The number of benzene rings is 1. The van der Waals surface area contributed by atoms with Gasteiger partial charge in [-0.2, -0.15) is 0 Å². The fourth-order valence-electron chi connectivity index (χ4n) is 2.22. The number of urea groups is 1. The summed E-state index contributed by atoms with van der Waals surface area (Å²) in [6.45, 7) is 1.97. The van der Waals surface area contributed by atoms with Crippen LogP contribution in [-0.2, 0) is 11.2 Å². The fourth-order valence-corrected chi connectivity index (χ4v) is 2.22. The van der Waals surface area contributed by atoms with Crippen LogP contribution in [0.15, 0.2) is 24.3 Å². The number of halogens is 1. The Labute approximate surface area is 111 Å². The Morgan fingerprint density at radius 3 is 2.32 bits per heavy atom. The highest BCUT2D eigenvalue weighted by molar-refractivity contribution is 5.99. The van der Waals surface area contributed by atoms with Crippen molar-refractivity contribution in [1.29, 1.82) is 0 Å². The molecule has 1 aliphatic rings. The van der Waals surface area contributed by atoms with E-state index >= 15 is 0 Å². The maximum Gasteiger partial charge on any atom is 0.326 e. The van der Waals surface area contributed by atoms with Gasteiger partial charge in [-0.3, -0.25) is 9.69 Å². The number of rotatable bonds is 2. The Kier molecular flexibility index (Phi) is 3.55. The van der Waals surface area contributed by atoms with E-state index in [9.17, 15) is 14.0 Å². The highest BCUT2D eigenvalue weighted by Crippen LogP contribution is 2.21. The molecule has 5 heteroatoms. The lowest BCUT2D eigenvalue weighted by Crippen LogP contribution is -2.61. The largest absolute Gasteiger partial charge is 0.326 e. The molecule has 1 heterocycles. The van der Waals surface area contributed by atoms with Gasteiger partial charge in [-0.15, -0.1) is 0 Å². The monoisotopic (exact) mass is 264 g/mol. The molecule has 2 atom stereocenters. The van der Waals surface area contributed by atoms with E-state index in [2.05, 4.69) is 0 Å². The molecule has 1 aromatic carbocycles. The maximum absolute atomic E-state index is 14.1. The van der Waals surface area contributed by atoms with Crippen LogP contribution in [0, 0.1) is 6.92 Å². The Morgan fingerprint density at radius 2 is 1.74 bits per heavy atom. The maximum atomic E-state index is 14.1. The smallest absolute Gasteiger partial charge is 0.321 e. The van der Waals surface area contributed by atoms with Crippen molar-refractivity contribution in [2.24, 2.45) is 0 Å². The van der Waals surface area contributed by atoms with Gasteiger partial charge < -0.3 is 4.90 Å². The topological polar surface area (TPSA) is 40.6 Å². The lowest BCUT2D eigenvalue weighted by atomic mass is 9.98. The highest BCUT2D eigenvalue weighted by atomic mass is 19.1. The summed E-state index contributed by atoms with van der Waals surface area (Å²) in [6, 6.07) is 6.45. The normalized spacial score (nSPS) is 24.0. The minimum atomic E-state index is -1.67. The van der Waals surface area contributed by atoms with Gasteiger partial charge in [-0.05, 0) is 18.9 Å². The third kappa shape index (κ3) is 2.45. The van der Waals surface area contributed by atoms with Crippen molar-refractivity contribution < 1.29 is 14.0 Å². The molecule has 1 aliphatic heterocycles. The van der Waals surface area contributed by atoms with Crippen molar-refractivity contribution in [3.05, 3.63) is 35.4 Å². The average Bonchev–Trinajstić information content (AvgIpc) is 2.41. The second-order valence-corrected chi connectivity index (χ2v) is 4.95. The Morgan fingerprint density at radius 1 is 1.16 bits per heavy atom. The molecule has 0 spiro atoms. The molecule has 4 nitrogen and oxygen atoms in total. The number of hydrogen-bond donors (Lipinski definition) is 0. The molecule has 1 aromatic rings. The number of alkyl halides is 1. The predicted molar refractivity (Wildman–Crippen MR) is 69.5 cm³/mol. The van der Waals surface area contributed by atoms with Gasteiger partial charge in [0, 0.05) is 14.1 Å². The first-order valence-corrected chi connectivity index (χ1v) is 6.16. The average molecular weight is 264 g/mol. The summed E-state index contributed by atoms with van der Waals surface area (Å²) in [4.78, 5) is 25.6. The van der Waals surface area contributed by atoms with Crippen LogP contribution in [-0.4, -0.2) is 48.0 Å². The van der Waals surface area contributed by atoms with E-state index in [1.165, 1.54) is 19.0 Å². The van der Waals surface area contributed by atoms with E-state index in [1.807, 2.05) is 31.2 Å². The number of aryl methyl sites for hydroxylation is 1. The van der Waals surface area contributed by atoms with E-state index in [0.29, 0.717) is 6.42 Å². The zero-order valence-corrected chi connectivity index (χ0v) is 11.3. The summed E-state index contributed by atoms with van der Waals surface area (Å²) in [6.07, 6.45) is -1.34. The number of amides is 3. The summed E-state index contributed by atoms with van der Waals surface area (Å²) in [5.41, 5.74) is 2.03. The van der Waals surface area contributed by atoms with Crippen molar-refractivity contribution >= 4 is 11.9 Å². The van der Waals surface area contributed by atoms with Gasteiger partial charge in [0.05, 0.1) is 6.04 Å². The van der Waals surface area contributed by atoms with Crippen LogP contribution in [0.5, 0.6) is 0 Å². The second kappa shape index (κ2) is 4.99. The first-order chi connectivity index (χ1) is 8.91. The van der Waals surface area contributed by atoms with Gasteiger partial charge in [-0.25, -0.2) is 9.18 Å². The van der Waals surface area contributed by atoms with Crippen LogP contribution in [0.25, 0.3) is 0 Å². The van der Waals surface area contributed by atoms with Gasteiger partial charge >= 0.3 is 6.03 Å². The summed E-state index contributed by atoms with van der Waals surface area (Å²) in [5, 5.41) is 0. The lowest BCUT2D eigenvalue weighted by molar-refractivity contribution is -0.138. The first-order valence-electron chi connectivity index (χ1n) is 6.16. The van der Waals surface area contributed by atoms with Gasteiger partial charge in [0.2, 0.25) is 0 Å². The van der Waals surface area contributed by atoms with Crippen LogP contribution in [0.2, 0.25) is 0 Å². The van der Waals surface area contributed by atoms with Crippen molar-refractivity contribution in [1.82, 2.24) is 9.80 Å². The van der Waals surface area contributed by atoms with Crippen molar-refractivity contribution in [2.75, 3.05) is 14.1 Å². The molecule has 2 unspecified atom stereocenters. The molecular formula is C14H17FN2O2. The summed E-state index contributed by atoms with van der Waals surface area (Å²) in [7, 11) is 2.83. The third-order valence-electron chi connectivity index (χ3n) is 3.56. The van der Waals surface area contributed by atoms with Gasteiger partial charge in [0.15, 0.2) is 6.17 Å². The van der Waals surface area contributed by atoms with E-state index in [1.54, 1.807) is 0 Å². The van der Waals surface area contributed by atoms with Gasteiger partial charge in [0.25, 0.3) is 5.91 Å². The molecular weight excluding hydrogens is 247 g/mol. The molecule has 0 aliphatic carbocycles. The van der Waals surface area contributed by atoms with E-state index in [-0.39, 0.29) is 0 Å². The van der Waals surface area contributed by atoms with Crippen LogP contribution >= 0.6 is 0 Å². The zero-order valence-electron chi connectivity index (χ0n) is 11.3. The van der Waals surface area contributed by atoms with Crippen molar-refractivity contribution in [3.8, 4) is 0 Å². The van der Waals surface area contributed by atoms with Gasteiger partial charge in [-0.1, -0.05) is 29.8 Å². The SMILES string of the molecule is Cc1ccc(CC2C(F)C(=O)N(C)C(=O)N2C)cc1. The molecule has 102 valence electrons. The minimum Gasteiger partial charge on any atom is -0.321 e. The molecule has 0 bridgehead atoms. The number of likely N-dealkylation sites (N-methyl/N-ethyl adjacent to an activating group) is 1. The molecule has 0 aromatic heterocycles. The number of nitrogens with zero attached hydrogens (tertiary/aromatic N) is 2. The molecule has 0 saturated carbocycles. The van der Waals surface area contributed by atoms with E-state index in [0.717, 1.165) is 16.0 Å². The van der Waals surface area contributed by atoms with E-state index in [4.69, 9.17) is 0 Å². The number of hydrogen-bond acceptors (Lipinski definition) is 2. The number of imide groups is 1. The summed E-state index contributed by atoms with van der Waals surface area (Å²) in [5.74, 6) is -0.764. The fraction of sp³-hybridized carbons (Fsp3) is 0.429. The minimum absolute atomic E-state index is 0.337. The molecule has 1 saturated heterocycles.